The smallest absolute Gasteiger partial charge is 0.220 e. The summed E-state index contributed by atoms with van der Waals surface area (Å²) in [6, 6.07) is -0.981. The lowest BCUT2D eigenvalue weighted by Gasteiger charge is -2.48. The van der Waals surface area contributed by atoms with Gasteiger partial charge in [-0.05, 0) is 83.5 Å². The minimum Gasteiger partial charge on any atom is -0.394 e. The highest BCUT2D eigenvalue weighted by molar-refractivity contribution is 5.76. The Hall–Kier alpha value is -3.55. The molecule has 0 saturated carbocycles. The van der Waals surface area contributed by atoms with Gasteiger partial charge >= 0.3 is 0 Å². The van der Waals surface area contributed by atoms with Crippen molar-refractivity contribution in [2.75, 3.05) is 26.4 Å². The fourth-order valence-corrected chi connectivity index (χ4v) is 14.2. The third kappa shape index (κ3) is 47.8. The van der Waals surface area contributed by atoms with E-state index in [9.17, 15) is 61.0 Å². The lowest BCUT2D eigenvalue weighted by atomic mass is 9.96. The molecular weight excluding hydrogens is 1380 g/mol. The summed E-state index contributed by atoms with van der Waals surface area (Å²) in [6.07, 6.45) is 69.3. The first-order chi connectivity index (χ1) is 53.3. The van der Waals surface area contributed by atoms with Gasteiger partial charge in [-0.1, -0.05) is 342 Å². The van der Waals surface area contributed by atoms with Crippen LogP contribution < -0.4 is 5.32 Å². The Morgan fingerprint density at radius 3 is 0.991 bits per heavy atom. The molecule has 3 fully saturated rings. The number of amides is 1. The zero-order valence-electron chi connectivity index (χ0n) is 67.8. The Kier molecular flexibility index (Phi) is 62.9. The first-order valence-corrected chi connectivity index (χ1v) is 43.6. The van der Waals surface area contributed by atoms with Crippen LogP contribution in [0.15, 0.2) is 109 Å². The van der Waals surface area contributed by atoms with Gasteiger partial charge in [0.15, 0.2) is 18.9 Å². The van der Waals surface area contributed by atoms with Crippen molar-refractivity contribution in [3.63, 3.8) is 0 Å². The van der Waals surface area contributed by atoms with Crippen LogP contribution in [0.1, 0.15) is 322 Å². The molecule has 19 heteroatoms. The normalized spacial score (nSPS) is 25.8. The number of unbranched alkanes of at least 4 members (excludes halogenated alkanes) is 37. The second-order valence-electron chi connectivity index (χ2n) is 30.6. The van der Waals surface area contributed by atoms with Gasteiger partial charge in [-0.15, -0.1) is 0 Å². The van der Waals surface area contributed by atoms with Crippen molar-refractivity contribution >= 4 is 5.91 Å². The van der Waals surface area contributed by atoms with E-state index in [1.54, 1.807) is 6.08 Å². The van der Waals surface area contributed by atoms with E-state index >= 15 is 0 Å². The fraction of sp³-hybridized carbons (Fsp3) is 0.789. The maximum atomic E-state index is 13.5. The van der Waals surface area contributed by atoms with Crippen LogP contribution in [0.3, 0.4) is 0 Å². The summed E-state index contributed by atoms with van der Waals surface area (Å²) >= 11 is 0. The van der Waals surface area contributed by atoms with Crippen molar-refractivity contribution in [2.24, 2.45) is 0 Å². The Morgan fingerprint density at radius 1 is 0.339 bits per heavy atom. The highest BCUT2D eigenvalue weighted by Gasteiger charge is 2.54. The van der Waals surface area contributed by atoms with E-state index < -0.39 is 124 Å². The highest BCUT2D eigenvalue weighted by Crippen LogP contribution is 2.33. The molecule has 0 bridgehead atoms. The topological polar surface area (TPSA) is 307 Å². The molecule has 0 radical (unpaired) electrons. The number of hydrogen-bond donors (Lipinski definition) is 12. The number of nitrogens with one attached hydrogen (secondary N) is 1. The number of hydrogen-bond acceptors (Lipinski definition) is 18. The quantitative estimate of drug-likeness (QED) is 0.0199. The first-order valence-electron chi connectivity index (χ1n) is 43.6. The highest BCUT2D eigenvalue weighted by atomic mass is 16.8. The summed E-state index contributed by atoms with van der Waals surface area (Å²) in [6.45, 7) is 1.66. The first kappa shape index (κ1) is 99.6. The van der Waals surface area contributed by atoms with E-state index in [4.69, 9.17) is 28.4 Å². The fourth-order valence-electron chi connectivity index (χ4n) is 14.2. The van der Waals surface area contributed by atoms with E-state index in [2.05, 4.69) is 116 Å². The number of allylic oxidation sites excluding steroid dienone is 17. The molecule has 1 amide bonds. The van der Waals surface area contributed by atoms with Crippen molar-refractivity contribution < 1.29 is 89.4 Å². The van der Waals surface area contributed by atoms with Gasteiger partial charge in [0, 0.05) is 6.42 Å². The number of carbonyl (C=O) groups excluding carboxylic acids is 1. The van der Waals surface area contributed by atoms with Gasteiger partial charge in [-0.3, -0.25) is 4.79 Å². The molecule has 630 valence electrons. The van der Waals surface area contributed by atoms with Crippen LogP contribution in [0.5, 0.6) is 0 Å². The summed E-state index contributed by atoms with van der Waals surface area (Å²) < 4.78 is 34.5. The number of ether oxygens (including phenoxy) is 6. The molecule has 17 unspecified atom stereocenters. The largest absolute Gasteiger partial charge is 0.394 e. The Balaban J connectivity index is 1.33. The molecule has 12 N–H and O–H groups in total. The lowest BCUT2D eigenvalue weighted by Crippen LogP contribution is -2.66. The summed E-state index contributed by atoms with van der Waals surface area (Å²) in [4.78, 5) is 13.5. The maximum absolute atomic E-state index is 13.5. The summed E-state index contributed by atoms with van der Waals surface area (Å²) in [5.74, 6) is -0.276. The molecule has 0 spiro atoms. The third-order valence-electron chi connectivity index (χ3n) is 21.1. The second kappa shape index (κ2) is 68.8. The van der Waals surface area contributed by atoms with Gasteiger partial charge in [-0.2, -0.15) is 0 Å². The second-order valence-corrected chi connectivity index (χ2v) is 30.6. The van der Waals surface area contributed by atoms with Gasteiger partial charge in [0.1, 0.15) is 73.2 Å². The van der Waals surface area contributed by atoms with Crippen molar-refractivity contribution in [1.82, 2.24) is 5.32 Å². The molecule has 3 saturated heterocycles. The number of aliphatic hydroxyl groups is 11. The van der Waals surface area contributed by atoms with Crippen molar-refractivity contribution in [3.05, 3.63) is 109 Å². The summed E-state index contributed by atoms with van der Waals surface area (Å²) in [5.41, 5.74) is 0. The number of carbonyl (C=O) groups is 1. The van der Waals surface area contributed by atoms with Crippen LogP contribution in [-0.4, -0.2) is 193 Å². The zero-order valence-corrected chi connectivity index (χ0v) is 67.8. The van der Waals surface area contributed by atoms with Crippen LogP contribution in [0.4, 0.5) is 0 Å². The van der Waals surface area contributed by atoms with E-state index in [0.717, 1.165) is 103 Å². The van der Waals surface area contributed by atoms with E-state index in [-0.39, 0.29) is 18.9 Å². The van der Waals surface area contributed by atoms with Crippen molar-refractivity contribution in [3.8, 4) is 0 Å². The Labute approximate surface area is 659 Å². The Bertz CT molecular complexity index is 2390. The average molecular weight is 1540 g/mol. The summed E-state index contributed by atoms with van der Waals surface area (Å²) in [5, 5.41) is 121. The molecule has 0 aromatic heterocycles. The van der Waals surface area contributed by atoms with Crippen molar-refractivity contribution in [2.45, 2.75) is 426 Å². The predicted octanol–water partition coefficient (Wildman–Crippen LogP) is 16.1. The van der Waals surface area contributed by atoms with E-state index in [1.807, 2.05) is 6.08 Å². The monoisotopic (exact) mass is 1540 g/mol. The number of rotatable bonds is 69. The lowest BCUT2D eigenvalue weighted by molar-refractivity contribution is -0.379. The molecular formula is C90H157NO18. The molecule has 3 heterocycles. The van der Waals surface area contributed by atoms with Gasteiger partial charge in [0.05, 0.1) is 38.6 Å². The predicted molar refractivity (Wildman–Crippen MR) is 438 cm³/mol. The van der Waals surface area contributed by atoms with Crippen molar-refractivity contribution in [1.29, 1.82) is 0 Å². The van der Waals surface area contributed by atoms with E-state index in [1.165, 1.54) is 193 Å². The van der Waals surface area contributed by atoms with Crippen LogP contribution in [0.25, 0.3) is 0 Å². The molecule has 3 rings (SSSR count). The van der Waals surface area contributed by atoms with Crippen LogP contribution in [0.2, 0.25) is 0 Å². The molecule has 17 atom stereocenters. The zero-order chi connectivity index (χ0) is 78.8. The van der Waals surface area contributed by atoms with Gasteiger partial charge in [-0.25, -0.2) is 0 Å². The standard InChI is InChI=1S/C90H157NO18/c1-3-5-7-9-11-13-15-17-19-21-23-25-27-29-30-31-32-33-34-35-36-37-38-39-40-41-42-44-46-48-50-52-54-56-58-60-62-64-66-68-78(96)91-73(74(95)67-65-63-61-59-57-55-53-51-49-47-45-43-28-26-24-22-20-18-16-14-12-10-8-6-4-2)72-104-88-84(102)81(99)86(76(70-93)106-88)109-90-85(103)82(100)87(77(71-94)107-90)108-89-83(101)80(98)79(97)75(69-92)105-89/h5,7,11,13,17,19,23,25,29-30,32-33,35-36,38-39,65,67,73-77,79-90,92-95,97-103H,3-4,6,8-10,12,14-16,18,20-22,24,26-28,31,34,37,40-64,66,68-72H2,1-2H3,(H,91,96)/b7-5-,13-11-,19-17-,25-23-,30-29-,33-32-,36-35-,39-38-,67-65+. The van der Waals surface area contributed by atoms with E-state index in [0.29, 0.717) is 6.42 Å². The van der Waals surface area contributed by atoms with Gasteiger partial charge < -0.3 is 89.9 Å². The average Bonchev–Trinajstić information content (AvgIpc) is 0.759. The number of aliphatic hydroxyl groups excluding tert-OH is 11. The summed E-state index contributed by atoms with van der Waals surface area (Å²) in [7, 11) is 0. The maximum Gasteiger partial charge on any atom is 0.220 e. The Morgan fingerprint density at radius 2 is 0.633 bits per heavy atom. The molecule has 3 aliphatic rings. The molecule has 0 aromatic carbocycles. The molecule has 0 aromatic rings. The minimum absolute atomic E-state index is 0.238. The minimum atomic E-state index is -1.98. The molecule has 3 aliphatic heterocycles. The molecule has 0 aliphatic carbocycles. The SMILES string of the molecule is CC/C=C\C/C=C\C/C=C\C/C=C\C/C=C\C/C=C\C/C=C\C/C=C\CCCCCCCCCCCCCCCCC(=O)NC(COC1OC(CO)C(OC2OC(CO)C(OC3OC(CO)C(O)C(O)C3O)C(O)C2O)C(O)C1O)C(O)/C=C/CCCCCCCCCCCCCCCCCCCCCCCCC. The van der Waals surface area contributed by atoms with Crippen LogP contribution in [0, 0.1) is 0 Å². The van der Waals surface area contributed by atoms with Crippen LogP contribution in [-0.2, 0) is 33.2 Å². The van der Waals surface area contributed by atoms with Crippen LogP contribution >= 0.6 is 0 Å². The molecule has 19 nitrogen and oxygen atoms in total. The third-order valence-corrected chi connectivity index (χ3v) is 21.1. The van der Waals surface area contributed by atoms with Gasteiger partial charge in [0.2, 0.25) is 5.91 Å². The molecule has 109 heavy (non-hydrogen) atoms. The van der Waals surface area contributed by atoms with Gasteiger partial charge in [0.25, 0.3) is 0 Å².